The van der Waals surface area contributed by atoms with Crippen LogP contribution in [-0.4, -0.2) is 64.7 Å². The number of nitrogens with one attached hydrogen (secondary N) is 2. The highest BCUT2D eigenvalue weighted by Crippen LogP contribution is 2.37. The average molecular weight is 611 g/mol. The number of carbonyl (C=O) groups excluding carboxylic acids is 2. The van der Waals surface area contributed by atoms with Crippen molar-refractivity contribution in [3.8, 4) is 5.75 Å². The number of fused-ring (bicyclic) bond motifs is 1. The monoisotopic (exact) mass is 610 g/mol. The summed E-state index contributed by atoms with van der Waals surface area (Å²) in [4.78, 5) is 34.4. The van der Waals surface area contributed by atoms with E-state index in [4.69, 9.17) is 4.74 Å². The Balaban J connectivity index is 1.30. The summed E-state index contributed by atoms with van der Waals surface area (Å²) in [6, 6.07) is 5.24. The van der Waals surface area contributed by atoms with E-state index < -0.39 is 29.7 Å². The van der Waals surface area contributed by atoms with Crippen LogP contribution in [0.1, 0.15) is 80.7 Å². The van der Waals surface area contributed by atoms with Crippen molar-refractivity contribution in [2.45, 2.75) is 76.1 Å². The van der Waals surface area contributed by atoms with Crippen LogP contribution in [0.3, 0.4) is 0 Å². The van der Waals surface area contributed by atoms with Crippen LogP contribution in [0.5, 0.6) is 5.75 Å². The summed E-state index contributed by atoms with van der Waals surface area (Å²) in [6.07, 6.45) is 3.73. The van der Waals surface area contributed by atoms with E-state index >= 15 is 0 Å². The molecule has 2 amide bonds. The molecular formula is C32H36F2N4O4S. The predicted octanol–water partition coefficient (Wildman–Crippen LogP) is 4.49. The molecule has 4 heterocycles. The molecule has 0 radical (unpaired) electrons. The summed E-state index contributed by atoms with van der Waals surface area (Å²) in [5.41, 5.74) is 2.70. The SMILES string of the molecule is Cc1csc(C2CCCN2C(=O)c2cc(C(=O)NC(Cc3cc(F)cc(F)c3)C(O)C3CCCN3)cc3c2CCCO3)n1. The molecule has 0 saturated carbocycles. The standard InChI is InChI=1S/C32H36F2N4O4S/c1-18-17-43-31(36-18)27-7-3-9-38(27)32(41)24-14-20(15-28-23(24)5-4-10-42-28)30(40)37-26(29(39)25-6-2-8-35-25)13-19-11-21(33)16-22(34)12-19/h11-12,14-17,25-27,29,35,39H,2-10,13H2,1H3,(H,37,40). The number of likely N-dealkylation sites (tertiary alicyclic amines) is 1. The molecule has 11 heteroatoms. The third-order valence-electron chi connectivity index (χ3n) is 8.58. The van der Waals surface area contributed by atoms with E-state index in [0.29, 0.717) is 42.9 Å². The molecule has 3 aliphatic rings. The number of rotatable bonds is 8. The normalized spacial score (nSPS) is 21.3. The quantitative estimate of drug-likeness (QED) is 0.348. The Kier molecular flexibility index (Phi) is 8.74. The van der Waals surface area contributed by atoms with Gasteiger partial charge in [0.25, 0.3) is 11.8 Å². The number of aromatic nitrogens is 1. The fourth-order valence-corrected chi connectivity index (χ4v) is 7.45. The number of hydrogen-bond donors (Lipinski definition) is 3. The zero-order valence-corrected chi connectivity index (χ0v) is 24.9. The number of benzene rings is 2. The van der Waals surface area contributed by atoms with Crippen LogP contribution in [0.15, 0.2) is 35.7 Å². The van der Waals surface area contributed by atoms with Gasteiger partial charge in [-0.3, -0.25) is 9.59 Å². The van der Waals surface area contributed by atoms with Crippen molar-refractivity contribution < 1.29 is 28.2 Å². The van der Waals surface area contributed by atoms with E-state index in [1.54, 1.807) is 23.5 Å². The van der Waals surface area contributed by atoms with E-state index in [-0.39, 0.29) is 30.0 Å². The highest BCUT2D eigenvalue weighted by Gasteiger charge is 2.36. The fraction of sp³-hybridized carbons (Fsp3) is 0.469. The lowest BCUT2D eigenvalue weighted by Crippen LogP contribution is -2.52. The zero-order valence-electron chi connectivity index (χ0n) is 24.1. The lowest BCUT2D eigenvalue weighted by atomic mass is 9.93. The van der Waals surface area contributed by atoms with Gasteiger partial charge in [-0.1, -0.05) is 0 Å². The summed E-state index contributed by atoms with van der Waals surface area (Å²) >= 11 is 1.55. The van der Waals surface area contributed by atoms with Crippen molar-refractivity contribution in [2.24, 2.45) is 0 Å². The van der Waals surface area contributed by atoms with Gasteiger partial charge in [-0.25, -0.2) is 13.8 Å². The number of aryl methyl sites for hydroxylation is 1. The van der Waals surface area contributed by atoms with Crippen LogP contribution >= 0.6 is 11.3 Å². The molecule has 6 rings (SSSR count). The molecule has 228 valence electrons. The van der Waals surface area contributed by atoms with Gasteiger partial charge in [0.1, 0.15) is 22.4 Å². The van der Waals surface area contributed by atoms with Crippen LogP contribution in [0.4, 0.5) is 8.78 Å². The highest BCUT2D eigenvalue weighted by atomic mass is 32.1. The summed E-state index contributed by atoms with van der Waals surface area (Å²) in [5.74, 6) is -1.61. The van der Waals surface area contributed by atoms with Crippen LogP contribution in [0, 0.1) is 18.6 Å². The molecule has 3 aliphatic heterocycles. The van der Waals surface area contributed by atoms with Crippen molar-refractivity contribution in [1.82, 2.24) is 20.5 Å². The first-order valence-corrected chi connectivity index (χ1v) is 15.8. The maximum Gasteiger partial charge on any atom is 0.254 e. The summed E-state index contributed by atoms with van der Waals surface area (Å²) in [7, 11) is 0. The molecule has 2 saturated heterocycles. The zero-order chi connectivity index (χ0) is 30.1. The molecule has 4 unspecified atom stereocenters. The second-order valence-electron chi connectivity index (χ2n) is 11.7. The predicted molar refractivity (Wildman–Crippen MR) is 158 cm³/mol. The molecule has 2 fully saturated rings. The van der Waals surface area contributed by atoms with Gasteiger partial charge < -0.3 is 25.4 Å². The Bertz CT molecular complexity index is 1490. The van der Waals surface area contributed by atoms with E-state index in [1.165, 1.54) is 12.1 Å². The first kappa shape index (κ1) is 29.7. The smallest absolute Gasteiger partial charge is 0.254 e. The van der Waals surface area contributed by atoms with Gasteiger partial charge in [-0.2, -0.15) is 0 Å². The Hall–Kier alpha value is -3.41. The topological polar surface area (TPSA) is 104 Å². The lowest BCUT2D eigenvalue weighted by molar-refractivity contribution is 0.0730. The molecule has 2 aromatic carbocycles. The maximum atomic E-state index is 14.1. The lowest BCUT2D eigenvalue weighted by Gasteiger charge is -2.29. The van der Waals surface area contributed by atoms with E-state index in [1.807, 2.05) is 17.2 Å². The fourth-order valence-electron chi connectivity index (χ4n) is 6.51. The molecule has 4 atom stereocenters. The number of amides is 2. The number of halogens is 2. The number of aliphatic hydroxyl groups excluding tert-OH is 1. The Labute approximate surface area is 253 Å². The van der Waals surface area contributed by atoms with Gasteiger partial charge in [-0.05, 0) is 88.2 Å². The van der Waals surface area contributed by atoms with E-state index in [2.05, 4.69) is 15.6 Å². The first-order valence-electron chi connectivity index (χ1n) is 15.0. The van der Waals surface area contributed by atoms with Crippen LogP contribution in [0.25, 0.3) is 0 Å². The van der Waals surface area contributed by atoms with Crippen molar-refractivity contribution in [3.05, 3.63) is 80.3 Å². The molecule has 8 nitrogen and oxygen atoms in total. The summed E-state index contributed by atoms with van der Waals surface area (Å²) in [6.45, 7) is 3.76. The number of aliphatic hydroxyl groups is 1. The molecular weight excluding hydrogens is 574 g/mol. The van der Waals surface area contributed by atoms with Crippen LogP contribution in [-0.2, 0) is 12.8 Å². The largest absolute Gasteiger partial charge is 0.493 e. The van der Waals surface area contributed by atoms with Gasteiger partial charge in [-0.15, -0.1) is 11.3 Å². The third kappa shape index (κ3) is 6.44. The maximum absolute atomic E-state index is 14.1. The van der Waals surface area contributed by atoms with Crippen molar-refractivity contribution in [1.29, 1.82) is 0 Å². The van der Waals surface area contributed by atoms with Gasteiger partial charge >= 0.3 is 0 Å². The Morgan fingerprint density at radius 2 is 1.98 bits per heavy atom. The molecule has 0 spiro atoms. The minimum absolute atomic E-state index is 0.0235. The third-order valence-corrected chi connectivity index (χ3v) is 9.65. The number of carbonyl (C=O) groups is 2. The molecule has 0 bridgehead atoms. The van der Waals surface area contributed by atoms with Crippen molar-refractivity contribution in [3.63, 3.8) is 0 Å². The molecule has 0 aliphatic carbocycles. The first-order chi connectivity index (χ1) is 20.8. The van der Waals surface area contributed by atoms with E-state index in [9.17, 15) is 23.5 Å². The number of thiazole rings is 1. The number of nitrogens with zero attached hydrogens (tertiary/aromatic N) is 2. The number of ether oxygens (including phenoxy) is 1. The van der Waals surface area contributed by atoms with E-state index in [0.717, 1.165) is 54.6 Å². The molecule has 3 aromatic rings. The molecule has 1 aromatic heterocycles. The van der Waals surface area contributed by atoms with Crippen LogP contribution in [0.2, 0.25) is 0 Å². The minimum atomic E-state index is -1.00. The van der Waals surface area contributed by atoms with Gasteiger partial charge in [0, 0.05) is 46.4 Å². The van der Waals surface area contributed by atoms with Crippen LogP contribution < -0.4 is 15.4 Å². The minimum Gasteiger partial charge on any atom is -0.493 e. The Morgan fingerprint density at radius 1 is 1.16 bits per heavy atom. The van der Waals surface area contributed by atoms with Gasteiger partial charge in [0.2, 0.25) is 0 Å². The molecule has 3 N–H and O–H groups in total. The second kappa shape index (κ2) is 12.7. The summed E-state index contributed by atoms with van der Waals surface area (Å²) in [5, 5.41) is 20.3. The molecule has 43 heavy (non-hydrogen) atoms. The Morgan fingerprint density at radius 3 is 2.70 bits per heavy atom. The highest BCUT2D eigenvalue weighted by molar-refractivity contribution is 7.09. The van der Waals surface area contributed by atoms with Gasteiger partial charge in [0.05, 0.1) is 24.8 Å². The second-order valence-corrected chi connectivity index (χ2v) is 12.6. The van der Waals surface area contributed by atoms with Crippen molar-refractivity contribution in [2.75, 3.05) is 19.7 Å². The van der Waals surface area contributed by atoms with Gasteiger partial charge in [0.15, 0.2) is 0 Å². The average Bonchev–Trinajstić information content (AvgIpc) is 3.77. The number of hydrogen-bond acceptors (Lipinski definition) is 7. The van der Waals surface area contributed by atoms with Crippen molar-refractivity contribution >= 4 is 23.2 Å². The summed E-state index contributed by atoms with van der Waals surface area (Å²) < 4.78 is 33.9.